The lowest BCUT2D eigenvalue weighted by atomic mass is 9.94. The van der Waals surface area contributed by atoms with Gasteiger partial charge in [0.05, 0.1) is 5.92 Å². The Bertz CT molecular complexity index is 1030. The molecule has 3 amide bonds. The number of aryl methyl sites for hydroxylation is 2. The van der Waals surface area contributed by atoms with Gasteiger partial charge in [0.25, 0.3) is 0 Å². The number of carbonyl (C=O) groups is 3. The first-order chi connectivity index (χ1) is 15.3. The third kappa shape index (κ3) is 4.88. The molecule has 0 aromatic heterocycles. The molecule has 4 rings (SSSR count). The van der Waals surface area contributed by atoms with Crippen LogP contribution in [-0.2, 0) is 14.4 Å². The maximum absolute atomic E-state index is 13.1. The van der Waals surface area contributed by atoms with E-state index in [0.29, 0.717) is 32.5 Å². The van der Waals surface area contributed by atoms with Gasteiger partial charge in [-0.3, -0.25) is 14.4 Å². The van der Waals surface area contributed by atoms with Gasteiger partial charge in [0.1, 0.15) is 0 Å². The standard InChI is InChI=1S/C25H28BrN3O3/c1-16-3-6-21(7-4-16)29-15-19(14-23(29)30)25(32)28-11-9-18(10-12-28)24(31)27-22-8-5-20(26)13-17(22)2/h3-8,13,18-19H,9-12,14-15H2,1-2H3,(H,27,31). The summed E-state index contributed by atoms with van der Waals surface area (Å²) in [5.41, 5.74) is 3.80. The highest BCUT2D eigenvalue weighted by atomic mass is 79.9. The monoisotopic (exact) mass is 497 g/mol. The summed E-state index contributed by atoms with van der Waals surface area (Å²) >= 11 is 3.44. The van der Waals surface area contributed by atoms with Gasteiger partial charge in [-0.2, -0.15) is 0 Å². The Morgan fingerprint density at radius 1 is 1.00 bits per heavy atom. The zero-order chi connectivity index (χ0) is 22.8. The largest absolute Gasteiger partial charge is 0.342 e. The molecule has 2 aromatic rings. The quantitative estimate of drug-likeness (QED) is 0.684. The van der Waals surface area contributed by atoms with E-state index < -0.39 is 0 Å². The van der Waals surface area contributed by atoms with Crippen molar-refractivity contribution in [1.29, 1.82) is 0 Å². The summed E-state index contributed by atoms with van der Waals surface area (Å²) in [7, 11) is 0. The van der Waals surface area contributed by atoms with Crippen LogP contribution in [0, 0.1) is 25.7 Å². The van der Waals surface area contributed by atoms with Crippen molar-refractivity contribution in [3.63, 3.8) is 0 Å². The lowest BCUT2D eigenvalue weighted by Gasteiger charge is -2.33. The number of anilines is 2. The number of piperidine rings is 1. The van der Waals surface area contributed by atoms with Crippen LogP contribution in [0.3, 0.4) is 0 Å². The first-order valence-electron chi connectivity index (χ1n) is 11.0. The number of rotatable bonds is 4. The molecule has 0 bridgehead atoms. The lowest BCUT2D eigenvalue weighted by Crippen LogP contribution is -2.44. The molecule has 0 aliphatic carbocycles. The molecule has 1 atom stereocenters. The Labute approximate surface area is 197 Å². The van der Waals surface area contributed by atoms with Gasteiger partial charge in [-0.25, -0.2) is 0 Å². The molecule has 0 saturated carbocycles. The maximum atomic E-state index is 13.1. The second-order valence-electron chi connectivity index (χ2n) is 8.79. The van der Waals surface area contributed by atoms with Crippen molar-refractivity contribution in [3.8, 4) is 0 Å². The molecule has 0 radical (unpaired) electrons. The molecule has 32 heavy (non-hydrogen) atoms. The number of nitrogens with one attached hydrogen (secondary N) is 1. The van der Waals surface area contributed by atoms with Crippen molar-refractivity contribution in [2.75, 3.05) is 29.9 Å². The van der Waals surface area contributed by atoms with Crippen molar-refractivity contribution >= 4 is 45.0 Å². The first-order valence-corrected chi connectivity index (χ1v) is 11.8. The van der Waals surface area contributed by atoms with E-state index in [4.69, 9.17) is 0 Å². The third-order valence-electron chi connectivity index (χ3n) is 6.44. The molecule has 168 valence electrons. The normalized spacial score (nSPS) is 19.3. The average molecular weight is 498 g/mol. The summed E-state index contributed by atoms with van der Waals surface area (Å²) in [6.07, 6.45) is 1.51. The third-order valence-corrected chi connectivity index (χ3v) is 6.94. The minimum Gasteiger partial charge on any atom is -0.342 e. The lowest BCUT2D eigenvalue weighted by molar-refractivity contribution is -0.138. The van der Waals surface area contributed by atoms with Crippen LogP contribution in [-0.4, -0.2) is 42.3 Å². The molecule has 1 unspecified atom stereocenters. The summed E-state index contributed by atoms with van der Waals surface area (Å²) in [5.74, 6) is -0.415. The first kappa shape index (κ1) is 22.5. The van der Waals surface area contributed by atoms with E-state index in [2.05, 4.69) is 21.2 Å². The Morgan fingerprint density at radius 3 is 2.34 bits per heavy atom. The Balaban J connectivity index is 1.31. The summed E-state index contributed by atoms with van der Waals surface area (Å²) in [4.78, 5) is 41.8. The van der Waals surface area contributed by atoms with E-state index in [1.807, 2.05) is 61.2 Å². The molecule has 1 N–H and O–H groups in total. The number of hydrogen-bond acceptors (Lipinski definition) is 3. The molecular weight excluding hydrogens is 470 g/mol. The maximum Gasteiger partial charge on any atom is 0.228 e. The number of likely N-dealkylation sites (tertiary alicyclic amines) is 1. The van der Waals surface area contributed by atoms with Crippen LogP contribution < -0.4 is 10.2 Å². The highest BCUT2D eigenvalue weighted by Gasteiger charge is 2.38. The van der Waals surface area contributed by atoms with Crippen LogP contribution in [0.15, 0.2) is 46.9 Å². The number of nitrogens with zero attached hydrogens (tertiary/aromatic N) is 2. The van der Waals surface area contributed by atoms with Crippen molar-refractivity contribution < 1.29 is 14.4 Å². The molecule has 2 heterocycles. The number of halogens is 1. The number of amides is 3. The van der Waals surface area contributed by atoms with Gasteiger partial charge < -0.3 is 15.1 Å². The average Bonchev–Trinajstić information content (AvgIpc) is 3.17. The van der Waals surface area contributed by atoms with E-state index in [1.54, 1.807) is 4.90 Å². The molecule has 6 nitrogen and oxygen atoms in total. The Hall–Kier alpha value is -2.67. The fraction of sp³-hybridized carbons (Fsp3) is 0.400. The fourth-order valence-electron chi connectivity index (χ4n) is 4.47. The van der Waals surface area contributed by atoms with E-state index in [1.165, 1.54) is 0 Å². The van der Waals surface area contributed by atoms with Crippen molar-refractivity contribution in [2.45, 2.75) is 33.1 Å². The SMILES string of the molecule is Cc1ccc(N2CC(C(=O)N3CCC(C(=O)Nc4ccc(Br)cc4C)CC3)CC2=O)cc1. The zero-order valence-corrected chi connectivity index (χ0v) is 20.0. The highest BCUT2D eigenvalue weighted by Crippen LogP contribution is 2.29. The van der Waals surface area contributed by atoms with Crippen molar-refractivity contribution in [2.24, 2.45) is 11.8 Å². The zero-order valence-electron chi connectivity index (χ0n) is 18.4. The second-order valence-corrected chi connectivity index (χ2v) is 9.70. The van der Waals surface area contributed by atoms with Crippen molar-refractivity contribution in [3.05, 3.63) is 58.1 Å². The summed E-state index contributed by atoms with van der Waals surface area (Å²) in [6, 6.07) is 13.6. The van der Waals surface area contributed by atoms with Crippen molar-refractivity contribution in [1.82, 2.24) is 4.90 Å². The molecular formula is C25H28BrN3O3. The predicted octanol–water partition coefficient (Wildman–Crippen LogP) is 4.30. The van der Waals surface area contributed by atoms with Gasteiger partial charge in [0, 0.05) is 47.8 Å². The van der Waals surface area contributed by atoms with Crippen LogP contribution in [0.25, 0.3) is 0 Å². The second kappa shape index (κ2) is 9.45. The van der Waals surface area contributed by atoms with Gasteiger partial charge >= 0.3 is 0 Å². The fourth-order valence-corrected chi connectivity index (χ4v) is 4.95. The smallest absolute Gasteiger partial charge is 0.228 e. The van der Waals surface area contributed by atoms with Gasteiger partial charge in [-0.05, 0) is 62.6 Å². The summed E-state index contributed by atoms with van der Waals surface area (Å²) in [6.45, 7) is 5.48. The topological polar surface area (TPSA) is 69.7 Å². The predicted molar refractivity (Wildman–Crippen MR) is 128 cm³/mol. The van der Waals surface area contributed by atoms with Crippen LogP contribution in [0.2, 0.25) is 0 Å². The van der Waals surface area contributed by atoms with Gasteiger partial charge in [0.2, 0.25) is 17.7 Å². The van der Waals surface area contributed by atoms with E-state index >= 15 is 0 Å². The highest BCUT2D eigenvalue weighted by molar-refractivity contribution is 9.10. The van der Waals surface area contributed by atoms with Crippen LogP contribution in [0.1, 0.15) is 30.4 Å². The molecule has 0 spiro atoms. The van der Waals surface area contributed by atoms with Crippen LogP contribution in [0.4, 0.5) is 11.4 Å². The number of benzene rings is 2. The Kier molecular flexibility index (Phi) is 6.65. The minimum absolute atomic E-state index is 0.00381. The molecule has 2 saturated heterocycles. The van der Waals surface area contributed by atoms with Crippen LogP contribution in [0.5, 0.6) is 0 Å². The summed E-state index contributed by atoms with van der Waals surface area (Å²) < 4.78 is 0.978. The number of carbonyl (C=O) groups excluding carboxylic acids is 3. The van der Waals surface area contributed by atoms with Gasteiger partial charge in [-0.15, -0.1) is 0 Å². The number of hydrogen-bond donors (Lipinski definition) is 1. The van der Waals surface area contributed by atoms with Gasteiger partial charge in [-0.1, -0.05) is 33.6 Å². The van der Waals surface area contributed by atoms with E-state index in [0.717, 1.165) is 27.0 Å². The van der Waals surface area contributed by atoms with E-state index in [9.17, 15) is 14.4 Å². The Morgan fingerprint density at radius 2 is 1.69 bits per heavy atom. The molecule has 2 fully saturated rings. The van der Waals surface area contributed by atoms with Gasteiger partial charge in [0.15, 0.2) is 0 Å². The molecule has 2 aromatic carbocycles. The minimum atomic E-state index is -0.320. The molecule has 7 heteroatoms. The molecule has 2 aliphatic rings. The molecule has 2 aliphatic heterocycles. The summed E-state index contributed by atoms with van der Waals surface area (Å²) in [5, 5.41) is 3.03. The van der Waals surface area contributed by atoms with Crippen LogP contribution >= 0.6 is 15.9 Å². The van der Waals surface area contributed by atoms with E-state index in [-0.39, 0.29) is 36.0 Å².